The van der Waals surface area contributed by atoms with Crippen LogP contribution in [-0.4, -0.2) is 60.1 Å². The van der Waals surface area contributed by atoms with E-state index in [0.717, 1.165) is 38.5 Å². The van der Waals surface area contributed by atoms with Gasteiger partial charge in [0.25, 0.3) is 0 Å². The number of hydrogen-bond donors (Lipinski definition) is 2. The lowest BCUT2D eigenvalue weighted by Gasteiger charge is -2.08. The van der Waals surface area contributed by atoms with Gasteiger partial charge in [-0.1, -0.05) is 53.0 Å². The summed E-state index contributed by atoms with van der Waals surface area (Å²) in [6.45, 7) is 15.5. The van der Waals surface area contributed by atoms with E-state index in [1.807, 2.05) is 13.8 Å². The SMILES string of the molecule is C=CCO.CCCCO.CCCCOC(=O)C(C)CC(C)=O.CCCCOC(=O)CCCC(C)=O. The molecular weight excluding hydrogens is 452 g/mol. The minimum Gasteiger partial charge on any atom is -0.466 e. The summed E-state index contributed by atoms with van der Waals surface area (Å²) >= 11 is 0. The number of unbranched alkanes of at least 4 members (excludes halogenated alkanes) is 3. The van der Waals surface area contributed by atoms with Crippen LogP contribution in [0.5, 0.6) is 0 Å². The van der Waals surface area contributed by atoms with Gasteiger partial charge in [-0.25, -0.2) is 0 Å². The van der Waals surface area contributed by atoms with Crippen molar-refractivity contribution in [2.75, 3.05) is 26.4 Å². The first-order valence-electron chi connectivity index (χ1n) is 12.7. The second-order valence-corrected chi connectivity index (χ2v) is 8.01. The fraction of sp³-hybridized carbons (Fsp3) is 0.778. The maximum atomic E-state index is 11.2. The van der Waals surface area contributed by atoms with E-state index in [0.29, 0.717) is 39.1 Å². The Kier molecular flexibility index (Phi) is 39.1. The van der Waals surface area contributed by atoms with Gasteiger partial charge in [0.15, 0.2) is 0 Å². The topological polar surface area (TPSA) is 127 Å². The Morgan fingerprint density at radius 2 is 1.29 bits per heavy atom. The van der Waals surface area contributed by atoms with E-state index < -0.39 is 0 Å². The molecule has 8 heteroatoms. The van der Waals surface area contributed by atoms with Crippen molar-refractivity contribution < 1.29 is 38.9 Å². The average molecular weight is 505 g/mol. The number of ether oxygens (including phenoxy) is 2. The fourth-order valence-electron chi connectivity index (χ4n) is 2.02. The highest BCUT2D eigenvalue weighted by Gasteiger charge is 2.15. The molecule has 0 saturated carbocycles. The number of rotatable bonds is 16. The summed E-state index contributed by atoms with van der Waals surface area (Å²) in [5, 5.41) is 15.8. The molecule has 0 aromatic rings. The zero-order valence-corrected chi connectivity index (χ0v) is 23.1. The van der Waals surface area contributed by atoms with Crippen LogP contribution in [0.25, 0.3) is 0 Å². The van der Waals surface area contributed by atoms with E-state index in [9.17, 15) is 19.2 Å². The lowest BCUT2D eigenvalue weighted by atomic mass is 10.1. The molecule has 0 radical (unpaired) electrons. The third-order valence-electron chi connectivity index (χ3n) is 4.05. The first-order chi connectivity index (χ1) is 16.6. The van der Waals surface area contributed by atoms with Gasteiger partial charge in [-0.2, -0.15) is 0 Å². The minimum absolute atomic E-state index is 0.0277. The van der Waals surface area contributed by atoms with Crippen molar-refractivity contribution in [2.45, 2.75) is 106 Å². The molecule has 208 valence electrons. The number of carbonyl (C=O) groups is 4. The minimum atomic E-state index is -0.297. The zero-order valence-electron chi connectivity index (χ0n) is 23.1. The molecule has 0 saturated heterocycles. The van der Waals surface area contributed by atoms with Crippen molar-refractivity contribution in [3.63, 3.8) is 0 Å². The van der Waals surface area contributed by atoms with Gasteiger partial charge in [-0.3, -0.25) is 9.59 Å². The van der Waals surface area contributed by atoms with Crippen molar-refractivity contribution in [1.82, 2.24) is 0 Å². The lowest BCUT2D eigenvalue weighted by molar-refractivity contribution is -0.149. The maximum absolute atomic E-state index is 11.2. The third-order valence-corrected chi connectivity index (χ3v) is 4.05. The molecule has 0 spiro atoms. The van der Waals surface area contributed by atoms with Crippen molar-refractivity contribution >= 4 is 23.5 Å². The summed E-state index contributed by atoms with van der Waals surface area (Å²) < 4.78 is 9.87. The molecule has 0 fully saturated rings. The van der Waals surface area contributed by atoms with Crippen molar-refractivity contribution in [3.05, 3.63) is 12.7 Å². The summed E-state index contributed by atoms with van der Waals surface area (Å²) in [7, 11) is 0. The van der Waals surface area contributed by atoms with Crippen LogP contribution in [0, 0.1) is 5.92 Å². The molecule has 0 aromatic heterocycles. The van der Waals surface area contributed by atoms with Crippen LogP contribution in [0.4, 0.5) is 0 Å². The van der Waals surface area contributed by atoms with E-state index in [4.69, 9.17) is 19.7 Å². The molecule has 0 aromatic carbocycles. The third kappa shape index (κ3) is 46.0. The maximum Gasteiger partial charge on any atom is 0.309 e. The molecule has 0 aliphatic heterocycles. The highest BCUT2D eigenvalue weighted by molar-refractivity contribution is 5.82. The number of carbonyl (C=O) groups excluding carboxylic acids is 4. The molecule has 2 N–H and O–H groups in total. The Balaban J connectivity index is -0.000000205. The van der Waals surface area contributed by atoms with Crippen LogP contribution >= 0.6 is 0 Å². The van der Waals surface area contributed by atoms with Gasteiger partial charge in [0.05, 0.1) is 25.7 Å². The molecule has 0 heterocycles. The summed E-state index contributed by atoms with van der Waals surface area (Å²) in [6.07, 6.45) is 9.04. The number of Topliss-reactive ketones (excluding diaryl/α,β-unsaturated/α-hetero) is 2. The lowest BCUT2D eigenvalue weighted by Crippen LogP contribution is -2.17. The molecule has 0 amide bonds. The van der Waals surface area contributed by atoms with Gasteiger partial charge >= 0.3 is 11.9 Å². The van der Waals surface area contributed by atoms with E-state index in [-0.39, 0.29) is 42.5 Å². The summed E-state index contributed by atoms with van der Waals surface area (Å²) in [4.78, 5) is 43.4. The monoisotopic (exact) mass is 504 g/mol. The second kappa shape index (κ2) is 34.1. The highest BCUT2D eigenvalue weighted by Crippen LogP contribution is 2.05. The van der Waals surface area contributed by atoms with Gasteiger partial charge in [-0.15, -0.1) is 6.58 Å². The van der Waals surface area contributed by atoms with Crippen molar-refractivity contribution in [2.24, 2.45) is 5.92 Å². The number of esters is 2. The molecule has 0 bridgehead atoms. The molecular formula is C27H52O8. The molecule has 0 rings (SSSR count). The first-order valence-corrected chi connectivity index (χ1v) is 12.7. The Bertz CT molecular complexity index is 515. The number of aliphatic hydroxyl groups is 2. The van der Waals surface area contributed by atoms with Crippen LogP contribution < -0.4 is 0 Å². The Labute approximate surface area is 213 Å². The van der Waals surface area contributed by atoms with E-state index >= 15 is 0 Å². The smallest absolute Gasteiger partial charge is 0.309 e. The largest absolute Gasteiger partial charge is 0.466 e. The molecule has 0 aliphatic carbocycles. The van der Waals surface area contributed by atoms with E-state index in [2.05, 4.69) is 13.5 Å². The van der Waals surface area contributed by atoms with Gasteiger partial charge in [-0.05, 0) is 39.5 Å². The number of ketones is 2. The van der Waals surface area contributed by atoms with Crippen LogP contribution in [0.1, 0.15) is 106 Å². The molecule has 1 atom stereocenters. The predicted octanol–water partition coefficient (Wildman–Crippen LogP) is 4.98. The first kappa shape index (κ1) is 40.1. The summed E-state index contributed by atoms with van der Waals surface area (Å²) in [5.74, 6) is -0.589. The molecule has 8 nitrogen and oxygen atoms in total. The van der Waals surface area contributed by atoms with Gasteiger partial charge < -0.3 is 29.3 Å². The van der Waals surface area contributed by atoms with Crippen molar-refractivity contribution in [3.8, 4) is 0 Å². The summed E-state index contributed by atoms with van der Waals surface area (Å²) in [6, 6.07) is 0. The quantitative estimate of drug-likeness (QED) is 0.171. The fourth-order valence-corrected chi connectivity index (χ4v) is 2.02. The molecule has 0 aliphatic rings. The van der Waals surface area contributed by atoms with Gasteiger partial charge in [0, 0.05) is 25.9 Å². The van der Waals surface area contributed by atoms with Crippen LogP contribution in [-0.2, 0) is 28.7 Å². The number of hydrogen-bond acceptors (Lipinski definition) is 8. The normalized spacial score (nSPS) is 10.1. The van der Waals surface area contributed by atoms with E-state index in [1.54, 1.807) is 6.92 Å². The Morgan fingerprint density at radius 1 is 0.800 bits per heavy atom. The highest BCUT2D eigenvalue weighted by atomic mass is 16.5. The Morgan fingerprint density at radius 3 is 1.63 bits per heavy atom. The molecule has 1 unspecified atom stereocenters. The average Bonchev–Trinajstić information content (AvgIpc) is 2.80. The number of aliphatic hydroxyl groups excluding tert-OH is 2. The van der Waals surface area contributed by atoms with Crippen LogP contribution in [0.2, 0.25) is 0 Å². The second-order valence-electron chi connectivity index (χ2n) is 8.01. The molecule has 35 heavy (non-hydrogen) atoms. The van der Waals surface area contributed by atoms with Crippen LogP contribution in [0.15, 0.2) is 12.7 Å². The van der Waals surface area contributed by atoms with Crippen molar-refractivity contribution in [1.29, 1.82) is 0 Å². The predicted molar refractivity (Wildman–Crippen MR) is 140 cm³/mol. The standard InChI is InChI=1S/2C10H18O3.C4H10O.C3H6O/c1-4-5-6-13-10(12)8(2)7-9(3)11;1-3-4-8-13-10(12)7-5-6-9(2)11;1-2-3-4-5;1-2-3-4/h8H,4-7H2,1-3H3;3-8H2,1-2H3;5H,2-4H2,1H3;2,4H,1,3H2. The van der Waals surface area contributed by atoms with Crippen LogP contribution in [0.3, 0.4) is 0 Å². The van der Waals surface area contributed by atoms with E-state index in [1.165, 1.54) is 19.9 Å². The van der Waals surface area contributed by atoms with Gasteiger partial charge in [0.1, 0.15) is 11.6 Å². The Hall–Kier alpha value is -2.06. The summed E-state index contributed by atoms with van der Waals surface area (Å²) in [5.41, 5.74) is 0. The zero-order chi connectivity index (χ0) is 27.9. The van der Waals surface area contributed by atoms with Gasteiger partial charge in [0.2, 0.25) is 0 Å².